The molecule has 0 heterocycles. The molecule has 0 unspecified atom stereocenters. The Kier molecular flexibility index (Phi) is 7.28. The van der Waals surface area contributed by atoms with Gasteiger partial charge in [0.2, 0.25) is 0 Å². The predicted octanol–water partition coefficient (Wildman–Crippen LogP) is 2.82. The smallest absolute Gasteiger partial charge is 0.327 e. The van der Waals surface area contributed by atoms with Gasteiger partial charge in [-0.15, -0.1) is 0 Å². The molecule has 0 saturated heterocycles. The third-order valence-corrected chi connectivity index (χ3v) is 4.33. The van der Waals surface area contributed by atoms with Crippen molar-refractivity contribution in [2.75, 3.05) is 0 Å². The van der Waals surface area contributed by atoms with Crippen molar-refractivity contribution in [2.45, 2.75) is 70.3 Å². The summed E-state index contributed by atoms with van der Waals surface area (Å²) in [5.74, 6) is 1.89. The van der Waals surface area contributed by atoms with E-state index in [1.807, 2.05) is 0 Å². The van der Waals surface area contributed by atoms with E-state index in [2.05, 4.69) is 0 Å². The second-order valence-corrected chi connectivity index (χ2v) is 6.79. The zero-order chi connectivity index (χ0) is 14.3. The molecule has 0 aromatic rings. The standard InChI is InChI=1S/C13H25N.H2O4S/c14-13-9-5-4-8-12(13)10-11-6-2-1-3-7-11;1-5(2,3)4/h11-13H,1-10,14H2;(H2,1,2,3,4)/t12-,13-;/m1./s1. The normalized spacial score (nSPS) is 29.4. The van der Waals surface area contributed by atoms with Gasteiger partial charge in [0.1, 0.15) is 0 Å². The zero-order valence-electron chi connectivity index (χ0n) is 11.5. The lowest BCUT2D eigenvalue weighted by Crippen LogP contribution is -2.34. The second kappa shape index (κ2) is 8.19. The molecular weight excluding hydrogens is 266 g/mol. The molecule has 2 aliphatic rings. The van der Waals surface area contributed by atoms with E-state index in [1.54, 1.807) is 0 Å². The lowest BCUT2D eigenvalue weighted by Gasteiger charge is -2.33. The van der Waals surface area contributed by atoms with E-state index >= 15 is 0 Å². The quantitative estimate of drug-likeness (QED) is 0.680. The molecular formula is C13H27NO4S. The summed E-state index contributed by atoms with van der Waals surface area (Å²) in [5, 5.41) is 0. The Labute approximate surface area is 116 Å². The summed E-state index contributed by atoms with van der Waals surface area (Å²) < 4.78 is 31.6. The van der Waals surface area contributed by atoms with Crippen LogP contribution in [0.15, 0.2) is 0 Å². The molecule has 2 atom stereocenters. The highest BCUT2D eigenvalue weighted by atomic mass is 32.3. The van der Waals surface area contributed by atoms with Crippen LogP contribution in [0.25, 0.3) is 0 Å². The van der Waals surface area contributed by atoms with Gasteiger partial charge in [-0.2, -0.15) is 8.42 Å². The van der Waals surface area contributed by atoms with E-state index in [-0.39, 0.29) is 0 Å². The van der Waals surface area contributed by atoms with Crippen LogP contribution in [0.3, 0.4) is 0 Å². The molecule has 2 aliphatic carbocycles. The average molecular weight is 293 g/mol. The molecule has 114 valence electrons. The van der Waals surface area contributed by atoms with E-state index in [1.165, 1.54) is 64.2 Å². The Bertz CT molecular complexity index is 331. The van der Waals surface area contributed by atoms with Gasteiger partial charge in [-0.25, -0.2) is 0 Å². The lowest BCUT2D eigenvalue weighted by molar-refractivity contribution is 0.221. The maximum Gasteiger partial charge on any atom is 0.394 e. The minimum atomic E-state index is -4.67. The van der Waals surface area contributed by atoms with Crippen molar-refractivity contribution in [1.82, 2.24) is 0 Å². The summed E-state index contributed by atoms with van der Waals surface area (Å²) in [6.07, 6.45) is 14.4. The molecule has 2 fully saturated rings. The molecule has 0 radical (unpaired) electrons. The van der Waals surface area contributed by atoms with E-state index in [9.17, 15) is 0 Å². The Hall–Kier alpha value is -0.170. The molecule has 4 N–H and O–H groups in total. The highest BCUT2D eigenvalue weighted by Crippen LogP contribution is 2.34. The maximum absolute atomic E-state index is 8.74. The first-order chi connectivity index (χ1) is 8.86. The first-order valence-electron chi connectivity index (χ1n) is 7.31. The summed E-state index contributed by atoms with van der Waals surface area (Å²) >= 11 is 0. The monoisotopic (exact) mass is 293 g/mol. The number of hydrogen-bond acceptors (Lipinski definition) is 3. The highest BCUT2D eigenvalue weighted by Gasteiger charge is 2.25. The molecule has 0 aromatic carbocycles. The summed E-state index contributed by atoms with van der Waals surface area (Å²) in [5.41, 5.74) is 6.20. The molecule has 0 amide bonds. The first kappa shape index (κ1) is 16.9. The molecule has 0 spiro atoms. The third-order valence-electron chi connectivity index (χ3n) is 4.33. The fourth-order valence-electron chi connectivity index (χ4n) is 3.38. The minimum absolute atomic E-state index is 0.533. The Morgan fingerprint density at radius 1 is 0.895 bits per heavy atom. The van der Waals surface area contributed by atoms with Crippen molar-refractivity contribution >= 4 is 10.4 Å². The van der Waals surface area contributed by atoms with Gasteiger partial charge in [0.25, 0.3) is 0 Å². The summed E-state index contributed by atoms with van der Waals surface area (Å²) in [6.45, 7) is 0. The second-order valence-electron chi connectivity index (χ2n) is 5.90. The van der Waals surface area contributed by atoms with Crippen molar-refractivity contribution in [3.8, 4) is 0 Å². The van der Waals surface area contributed by atoms with Gasteiger partial charge < -0.3 is 5.73 Å². The highest BCUT2D eigenvalue weighted by molar-refractivity contribution is 7.79. The van der Waals surface area contributed by atoms with E-state index < -0.39 is 10.4 Å². The third kappa shape index (κ3) is 8.57. The fraction of sp³-hybridized carbons (Fsp3) is 1.00. The van der Waals surface area contributed by atoms with Crippen LogP contribution in [0, 0.1) is 11.8 Å². The summed E-state index contributed by atoms with van der Waals surface area (Å²) in [7, 11) is -4.67. The predicted molar refractivity (Wildman–Crippen MR) is 75.3 cm³/mol. The van der Waals surface area contributed by atoms with Crippen molar-refractivity contribution < 1.29 is 17.5 Å². The van der Waals surface area contributed by atoms with Gasteiger partial charge in [-0.3, -0.25) is 9.11 Å². The van der Waals surface area contributed by atoms with Crippen LogP contribution in [-0.4, -0.2) is 23.6 Å². The molecule has 6 heteroatoms. The average Bonchev–Trinajstić information content (AvgIpc) is 2.31. The zero-order valence-corrected chi connectivity index (χ0v) is 12.3. The molecule has 2 saturated carbocycles. The molecule has 2 rings (SSSR count). The minimum Gasteiger partial charge on any atom is -0.327 e. The Morgan fingerprint density at radius 2 is 1.37 bits per heavy atom. The van der Waals surface area contributed by atoms with E-state index in [0.717, 1.165) is 11.8 Å². The molecule has 0 aliphatic heterocycles. The van der Waals surface area contributed by atoms with Gasteiger partial charge in [0, 0.05) is 6.04 Å². The van der Waals surface area contributed by atoms with Crippen LogP contribution in [0.1, 0.15) is 64.2 Å². The summed E-state index contributed by atoms with van der Waals surface area (Å²) in [6, 6.07) is 0.533. The largest absolute Gasteiger partial charge is 0.394 e. The first-order valence-corrected chi connectivity index (χ1v) is 8.71. The topological polar surface area (TPSA) is 101 Å². The van der Waals surface area contributed by atoms with Crippen molar-refractivity contribution in [2.24, 2.45) is 17.6 Å². The van der Waals surface area contributed by atoms with Crippen LogP contribution in [0.2, 0.25) is 0 Å². The van der Waals surface area contributed by atoms with Crippen molar-refractivity contribution in [3.63, 3.8) is 0 Å². The van der Waals surface area contributed by atoms with Crippen LogP contribution in [0.5, 0.6) is 0 Å². The fourth-order valence-corrected chi connectivity index (χ4v) is 3.38. The Morgan fingerprint density at radius 3 is 1.89 bits per heavy atom. The Balaban J connectivity index is 0.000000312. The van der Waals surface area contributed by atoms with Crippen LogP contribution >= 0.6 is 0 Å². The van der Waals surface area contributed by atoms with Crippen LogP contribution in [0.4, 0.5) is 0 Å². The van der Waals surface area contributed by atoms with Crippen LogP contribution < -0.4 is 5.73 Å². The van der Waals surface area contributed by atoms with Gasteiger partial charge in [0.15, 0.2) is 0 Å². The van der Waals surface area contributed by atoms with E-state index in [0.29, 0.717) is 6.04 Å². The van der Waals surface area contributed by atoms with Gasteiger partial charge >= 0.3 is 10.4 Å². The number of hydrogen-bond donors (Lipinski definition) is 3. The number of rotatable bonds is 2. The molecule has 0 bridgehead atoms. The van der Waals surface area contributed by atoms with Gasteiger partial charge in [0.05, 0.1) is 0 Å². The van der Waals surface area contributed by atoms with Gasteiger partial charge in [-0.1, -0.05) is 44.9 Å². The molecule has 19 heavy (non-hydrogen) atoms. The van der Waals surface area contributed by atoms with Crippen molar-refractivity contribution in [3.05, 3.63) is 0 Å². The van der Waals surface area contributed by atoms with Crippen LogP contribution in [-0.2, 0) is 10.4 Å². The molecule has 0 aromatic heterocycles. The molecule has 5 nitrogen and oxygen atoms in total. The number of nitrogens with two attached hydrogens (primary N) is 1. The SMILES string of the molecule is N[C@@H]1CCCC[C@@H]1CC1CCCCC1.O=S(=O)(O)O. The lowest BCUT2D eigenvalue weighted by atomic mass is 9.75. The summed E-state index contributed by atoms with van der Waals surface area (Å²) in [4.78, 5) is 0. The van der Waals surface area contributed by atoms with Crippen molar-refractivity contribution in [1.29, 1.82) is 0 Å². The maximum atomic E-state index is 8.74. The van der Waals surface area contributed by atoms with E-state index in [4.69, 9.17) is 23.3 Å². The van der Waals surface area contributed by atoms with Gasteiger partial charge in [-0.05, 0) is 31.1 Å².